The predicted molar refractivity (Wildman–Crippen MR) is 90.8 cm³/mol. The Hall–Kier alpha value is -1.26. The summed E-state index contributed by atoms with van der Waals surface area (Å²) in [4.78, 5) is 2.20. The van der Waals surface area contributed by atoms with Gasteiger partial charge in [0.2, 0.25) is 0 Å². The van der Waals surface area contributed by atoms with E-state index in [1.54, 1.807) is 0 Å². The van der Waals surface area contributed by atoms with Gasteiger partial charge < -0.3 is 19.7 Å². The second kappa shape index (κ2) is 7.34. The van der Waals surface area contributed by atoms with Crippen LogP contribution in [0.1, 0.15) is 45.2 Å². The SMILES string of the molecule is CCOc1ccc2c(c1)OC(C)(CC)CC2NCCN(C)C. The molecule has 2 atom stereocenters. The molecule has 2 unspecified atom stereocenters. The van der Waals surface area contributed by atoms with Gasteiger partial charge in [-0.15, -0.1) is 0 Å². The Morgan fingerprint density at radius 1 is 1.36 bits per heavy atom. The van der Waals surface area contributed by atoms with Crippen LogP contribution in [0.4, 0.5) is 0 Å². The summed E-state index contributed by atoms with van der Waals surface area (Å²) in [6, 6.07) is 6.56. The molecule has 0 aromatic heterocycles. The van der Waals surface area contributed by atoms with Crippen LogP contribution in [-0.2, 0) is 0 Å². The molecule has 2 rings (SSSR count). The summed E-state index contributed by atoms with van der Waals surface area (Å²) in [5.41, 5.74) is 1.13. The summed E-state index contributed by atoms with van der Waals surface area (Å²) in [6.07, 6.45) is 2.00. The molecule has 0 saturated carbocycles. The fourth-order valence-corrected chi connectivity index (χ4v) is 2.86. The standard InChI is InChI=1S/C18H30N2O2/c1-6-18(3)13-16(19-10-11-20(4)5)15-9-8-14(21-7-2)12-17(15)22-18/h8-9,12,16,19H,6-7,10-11,13H2,1-5H3. The zero-order valence-corrected chi connectivity index (χ0v) is 14.6. The van der Waals surface area contributed by atoms with Gasteiger partial charge in [0, 0.05) is 37.2 Å². The number of rotatable bonds is 7. The van der Waals surface area contributed by atoms with E-state index in [2.05, 4.69) is 44.2 Å². The Labute approximate surface area is 134 Å². The third-order valence-corrected chi connectivity index (χ3v) is 4.36. The highest BCUT2D eigenvalue weighted by Gasteiger charge is 2.35. The number of nitrogens with one attached hydrogen (secondary N) is 1. The first kappa shape index (κ1) is 17.1. The van der Waals surface area contributed by atoms with E-state index in [1.165, 1.54) is 5.56 Å². The Balaban J connectivity index is 2.20. The van der Waals surface area contributed by atoms with Crippen molar-refractivity contribution >= 4 is 0 Å². The van der Waals surface area contributed by atoms with Crippen molar-refractivity contribution in [2.75, 3.05) is 33.8 Å². The minimum atomic E-state index is -0.117. The maximum atomic E-state index is 6.28. The van der Waals surface area contributed by atoms with Crippen LogP contribution in [0, 0.1) is 0 Å². The maximum absolute atomic E-state index is 6.28. The summed E-state index contributed by atoms with van der Waals surface area (Å²) in [5, 5.41) is 3.69. The molecule has 0 fully saturated rings. The average molecular weight is 306 g/mol. The lowest BCUT2D eigenvalue weighted by Gasteiger charge is -2.40. The van der Waals surface area contributed by atoms with Gasteiger partial charge in [0.25, 0.3) is 0 Å². The van der Waals surface area contributed by atoms with Gasteiger partial charge in [0.05, 0.1) is 6.61 Å². The summed E-state index contributed by atoms with van der Waals surface area (Å²) < 4.78 is 11.9. The van der Waals surface area contributed by atoms with Crippen molar-refractivity contribution in [1.82, 2.24) is 10.2 Å². The Morgan fingerprint density at radius 2 is 2.14 bits per heavy atom. The molecular formula is C18H30N2O2. The lowest BCUT2D eigenvalue weighted by atomic mass is 9.86. The second-order valence-corrected chi connectivity index (χ2v) is 6.55. The van der Waals surface area contributed by atoms with Crippen molar-refractivity contribution in [2.45, 2.75) is 45.3 Å². The highest BCUT2D eigenvalue weighted by Crippen LogP contribution is 2.42. The maximum Gasteiger partial charge on any atom is 0.128 e. The molecule has 124 valence electrons. The highest BCUT2D eigenvalue weighted by molar-refractivity contribution is 5.44. The summed E-state index contributed by atoms with van der Waals surface area (Å²) in [6.45, 7) is 9.07. The van der Waals surface area contributed by atoms with E-state index in [0.717, 1.165) is 37.4 Å². The lowest BCUT2D eigenvalue weighted by Crippen LogP contribution is -2.42. The third-order valence-electron chi connectivity index (χ3n) is 4.36. The molecule has 0 spiro atoms. The van der Waals surface area contributed by atoms with E-state index in [-0.39, 0.29) is 5.60 Å². The van der Waals surface area contributed by atoms with E-state index in [4.69, 9.17) is 9.47 Å². The van der Waals surface area contributed by atoms with E-state index >= 15 is 0 Å². The topological polar surface area (TPSA) is 33.7 Å². The van der Waals surface area contributed by atoms with Gasteiger partial charge in [-0.25, -0.2) is 0 Å². The van der Waals surface area contributed by atoms with E-state index in [1.807, 2.05) is 19.1 Å². The largest absolute Gasteiger partial charge is 0.494 e. The number of benzene rings is 1. The van der Waals surface area contributed by atoms with Crippen molar-refractivity contribution in [2.24, 2.45) is 0 Å². The zero-order chi connectivity index (χ0) is 16.2. The van der Waals surface area contributed by atoms with Crippen LogP contribution in [0.2, 0.25) is 0 Å². The average Bonchev–Trinajstić information content (AvgIpc) is 2.46. The first-order chi connectivity index (χ1) is 10.5. The van der Waals surface area contributed by atoms with Crippen molar-refractivity contribution in [3.8, 4) is 11.5 Å². The molecule has 1 heterocycles. The predicted octanol–water partition coefficient (Wildman–Crippen LogP) is 3.23. The van der Waals surface area contributed by atoms with Crippen LogP contribution < -0.4 is 14.8 Å². The van der Waals surface area contributed by atoms with Crippen LogP contribution >= 0.6 is 0 Å². The van der Waals surface area contributed by atoms with Crippen molar-refractivity contribution in [3.05, 3.63) is 23.8 Å². The smallest absolute Gasteiger partial charge is 0.128 e. The Bertz CT molecular complexity index is 490. The molecule has 0 radical (unpaired) electrons. The first-order valence-corrected chi connectivity index (χ1v) is 8.31. The number of ether oxygens (including phenoxy) is 2. The molecule has 1 N–H and O–H groups in total. The fourth-order valence-electron chi connectivity index (χ4n) is 2.86. The lowest BCUT2D eigenvalue weighted by molar-refractivity contribution is 0.0437. The summed E-state index contributed by atoms with van der Waals surface area (Å²) in [7, 11) is 4.20. The van der Waals surface area contributed by atoms with Gasteiger partial charge in [0.15, 0.2) is 0 Å². The van der Waals surface area contributed by atoms with Gasteiger partial charge in [-0.1, -0.05) is 13.0 Å². The number of hydrogen-bond acceptors (Lipinski definition) is 4. The number of likely N-dealkylation sites (N-methyl/N-ethyl adjacent to an activating group) is 1. The fraction of sp³-hybridized carbons (Fsp3) is 0.667. The van der Waals surface area contributed by atoms with Gasteiger partial charge in [-0.3, -0.25) is 0 Å². The van der Waals surface area contributed by atoms with Gasteiger partial charge in [-0.2, -0.15) is 0 Å². The van der Waals surface area contributed by atoms with Crippen LogP contribution in [0.5, 0.6) is 11.5 Å². The molecule has 0 saturated heterocycles. The molecule has 1 aliphatic heterocycles. The minimum absolute atomic E-state index is 0.117. The van der Waals surface area contributed by atoms with Gasteiger partial charge in [0.1, 0.15) is 17.1 Å². The normalized spacial score (nSPS) is 24.0. The number of nitrogens with zero attached hydrogens (tertiary/aromatic N) is 1. The molecule has 22 heavy (non-hydrogen) atoms. The molecule has 0 amide bonds. The number of fused-ring (bicyclic) bond motifs is 1. The van der Waals surface area contributed by atoms with Crippen molar-refractivity contribution in [1.29, 1.82) is 0 Å². The Morgan fingerprint density at radius 3 is 2.77 bits per heavy atom. The second-order valence-electron chi connectivity index (χ2n) is 6.55. The molecule has 1 aromatic carbocycles. The van der Waals surface area contributed by atoms with E-state index < -0.39 is 0 Å². The Kier molecular flexibility index (Phi) is 5.70. The van der Waals surface area contributed by atoms with Crippen molar-refractivity contribution in [3.63, 3.8) is 0 Å². The molecule has 1 aliphatic rings. The molecule has 4 nitrogen and oxygen atoms in total. The summed E-state index contributed by atoms with van der Waals surface area (Å²) >= 11 is 0. The van der Waals surface area contributed by atoms with E-state index in [0.29, 0.717) is 12.6 Å². The molecule has 4 heteroatoms. The van der Waals surface area contributed by atoms with Crippen LogP contribution in [0.15, 0.2) is 18.2 Å². The monoisotopic (exact) mass is 306 g/mol. The summed E-state index contributed by atoms with van der Waals surface area (Å²) in [5.74, 6) is 1.84. The zero-order valence-electron chi connectivity index (χ0n) is 14.6. The molecule has 1 aromatic rings. The molecular weight excluding hydrogens is 276 g/mol. The molecule has 0 aliphatic carbocycles. The van der Waals surface area contributed by atoms with Crippen LogP contribution in [-0.4, -0.2) is 44.3 Å². The third kappa shape index (κ3) is 4.14. The molecule has 0 bridgehead atoms. The van der Waals surface area contributed by atoms with E-state index in [9.17, 15) is 0 Å². The van der Waals surface area contributed by atoms with Crippen molar-refractivity contribution < 1.29 is 9.47 Å². The van der Waals surface area contributed by atoms with Gasteiger partial charge in [-0.05, 0) is 40.4 Å². The number of hydrogen-bond donors (Lipinski definition) is 1. The minimum Gasteiger partial charge on any atom is -0.494 e. The highest BCUT2D eigenvalue weighted by atomic mass is 16.5. The van der Waals surface area contributed by atoms with Gasteiger partial charge >= 0.3 is 0 Å². The van der Waals surface area contributed by atoms with Crippen LogP contribution in [0.3, 0.4) is 0 Å². The van der Waals surface area contributed by atoms with Crippen LogP contribution in [0.25, 0.3) is 0 Å². The first-order valence-electron chi connectivity index (χ1n) is 8.31. The quantitative estimate of drug-likeness (QED) is 0.838.